The summed E-state index contributed by atoms with van der Waals surface area (Å²) in [5, 5.41) is 3.18. The lowest BCUT2D eigenvalue weighted by Crippen LogP contribution is -2.50. The van der Waals surface area contributed by atoms with Crippen LogP contribution in [0, 0.1) is 17.8 Å². The second-order valence-electron chi connectivity index (χ2n) is 6.99. The van der Waals surface area contributed by atoms with Crippen molar-refractivity contribution in [3.8, 4) is 0 Å². The highest BCUT2D eigenvalue weighted by Crippen LogP contribution is 2.30. The quantitative estimate of drug-likeness (QED) is 0.809. The van der Waals surface area contributed by atoms with Crippen molar-refractivity contribution >= 4 is 10.2 Å². The van der Waals surface area contributed by atoms with Crippen LogP contribution in [0.15, 0.2) is 0 Å². The Morgan fingerprint density at radius 3 is 2.29 bits per heavy atom. The van der Waals surface area contributed by atoms with E-state index < -0.39 is 10.2 Å². The summed E-state index contributed by atoms with van der Waals surface area (Å²) in [6.45, 7) is 6.79. The van der Waals surface area contributed by atoms with Crippen LogP contribution < -0.4 is 10.0 Å². The molecule has 2 N–H and O–H groups in total. The Morgan fingerprint density at radius 2 is 1.71 bits per heavy atom. The predicted octanol–water partition coefficient (Wildman–Crippen LogP) is 1.58. The molecule has 1 heterocycles. The van der Waals surface area contributed by atoms with Gasteiger partial charge in [-0.2, -0.15) is 17.4 Å². The molecule has 1 saturated carbocycles. The summed E-state index contributed by atoms with van der Waals surface area (Å²) < 4.78 is 29.6. The lowest BCUT2D eigenvalue weighted by atomic mass is 9.79. The van der Waals surface area contributed by atoms with Crippen LogP contribution in [0.3, 0.4) is 0 Å². The van der Waals surface area contributed by atoms with Gasteiger partial charge in [-0.05, 0) is 63.5 Å². The molecule has 1 aliphatic heterocycles. The van der Waals surface area contributed by atoms with Crippen LogP contribution in [-0.4, -0.2) is 45.4 Å². The van der Waals surface area contributed by atoms with Crippen molar-refractivity contribution in [1.82, 2.24) is 14.3 Å². The Labute approximate surface area is 130 Å². The lowest BCUT2D eigenvalue weighted by Gasteiger charge is -2.35. The van der Waals surface area contributed by atoms with E-state index >= 15 is 0 Å². The van der Waals surface area contributed by atoms with Gasteiger partial charge in [0, 0.05) is 19.1 Å². The summed E-state index contributed by atoms with van der Waals surface area (Å²) in [6.07, 6.45) is 4.98. The van der Waals surface area contributed by atoms with E-state index in [2.05, 4.69) is 23.9 Å². The first-order valence-electron chi connectivity index (χ1n) is 8.34. The van der Waals surface area contributed by atoms with Gasteiger partial charge in [-0.15, -0.1) is 0 Å². The molecule has 6 heteroatoms. The molecule has 1 aliphatic carbocycles. The van der Waals surface area contributed by atoms with E-state index in [1.165, 1.54) is 0 Å². The zero-order chi connectivity index (χ0) is 15.5. The number of nitrogens with zero attached hydrogens (tertiary/aromatic N) is 1. The fourth-order valence-electron chi connectivity index (χ4n) is 3.58. The number of hydrogen-bond acceptors (Lipinski definition) is 3. The Hall–Kier alpha value is -0.170. The first-order chi connectivity index (χ1) is 9.92. The minimum Gasteiger partial charge on any atom is -0.319 e. The third-order valence-electron chi connectivity index (χ3n) is 5.32. The molecule has 0 aromatic rings. The average Bonchev–Trinajstić information content (AvgIpc) is 2.44. The fourth-order valence-corrected chi connectivity index (χ4v) is 5.06. The zero-order valence-corrected chi connectivity index (χ0v) is 14.5. The van der Waals surface area contributed by atoms with E-state index in [0.717, 1.165) is 38.6 Å². The smallest absolute Gasteiger partial charge is 0.279 e. The molecule has 124 valence electrons. The van der Waals surface area contributed by atoms with E-state index in [0.29, 0.717) is 30.8 Å². The van der Waals surface area contributed by atoms with Crippen molar-refractivity contribution in [3.05, 3.63) is 0 Å². The van der Waals surface area contributed by atoms with Crippen LogP contribution in [0.2, 0.25) is 0 Å². The largest absolute Gasteiger partial charge is 0.319 e. The van der Waals surface area contributed by atoms with E-state index in [9.17, 15) is 8.42 Å². The molecule has 5 nitrogen and oxygen atoms in total. The molecule has 21 heavy (non-hydrogen) atoms. The highest BCUT2D eigenvalue weighted by atomic mass is 32.2. The number of rotatable bonds is 5. The van der Waals surface area contributed by atoms with Crippen molar-refractivity contribution in [2.75, 3.05) is 26.7 Å². The predicted molar refractivity (Wildman–Crippen MR) is 86.2 cm³/mol. The molecule has 3 unspecified atom stereocenters. The topological polar surface area (TPSA) is 61.4 Å². The van der Waals surface area contributed by atoms with Gasteiger partial charge in [0.15, 0.2) is 0 Å². The third-order valence-corrected chi connectivity index (χ3v) is 7.00. The van der Waals surface area contributed by atoms with E-state index in [-0.39, 0.29) is 6.04 Å². The molecule has 2 rings (SSSR count). The SMILES string of the molecule is CNCC1CCN(S(=O)(=O)NC2CCC(C)C(C)C2)CC1. The molecule has 1 saturated heterocycles. The van der Waals surface area contributed by atoms with Gasteiger partial charge in [-0.25, -0.2) is 0 Å². The summed E-state index contributed by atoms with van der Waals surface area (Å²) >= 11 is 0. The van der Waals surface area contributed by atoms with Crippen molar-refractivity contribution in [3.63, 3.8) is 0 Å². The normalized spacial score (nSPS) is 33.2. The van der Waals surface area contributed by atoms with Crippen molar-refractivity contribution in [2.24, 2.45) is 17.8 Å². The maximum absolute atomic E-state index is 12.5. The van der Waals surface area contributed by atoms with Crippen LogP contribution in [-0.2, 0) is 10.2 Å². The summed E-state index contributed by atoms with van der Waals surface area (Å²) in [4.78, 5) is 0. The summed E-state index contributed by atoms with van der Waals surface area (Å²) in [6, 6.07) is 0.122. The zero-order valence-electron chi connectivity index (χ0n) is 13.6. The standard InChI is InChI=1S/C15H31N3O2S/c1-12-4-5-15(10-13(12)2)17-21(19,20)18-8-6-14(7-9-18)11-16-3/h12-17H,4-11H2,1-3H3. The van der Waals surface area contributed by atoms with Gasteiger partial charge in [-0.3, -0.25) is 0 Å². The highest BCUT2D eigenvalue weighted by molar-refractivity contribution is 7.87. The molecule has 2 aliphatic rings. The average molecular weight is 317 g/mol. The summed E-state index contributed by atoms with van der Waals surface area (Å²) in [5.74, 6) is 1.92. The molecule has 0 aromatic carbocycles. The van der Waals surface area contributed by atoms with Gasteiger partial charge in [-0.1, -0.05) is 13.8 Å². The maximum atomic E-state index is 12.5. The van der Waals surface area contributed by atoms with Crippen molar-refractivity contribution in [2.45, 2.75) is 52.0 Å². The van der Waals surface area contributed by atoms with Crippen LogP contribution in [0.1, 0.15) is 46.0 Å². The molecule has 0 amide bonds. The molecule has 0 spiro atoms. The molecule has 0 radical (unpaired) electrons. The number of piperidine rings is 1. The van der Waals surface area contributed by atoms with Crippen LogP contribution in [0.25, 0.3) is 0 Å². The number of nitrogens with one attached hydrogen (secondary N) is 2. The summed E-state index contributed by atoms with van der Waals surface area (Å²) in [7, 11) is -1.35. The lowest BCUT2D eigenvalue weighted by molar-refractivity contribution is 0.232. The van der Waals surface area contributed by atoms with Crippen molar-refractivity contribution in [1.29, 1.82) is 0 Å². The monoisotopic (exact) mass is 317 g/mol. The molecule has 2 fully saturated rings. The Kier molecular flexibility index (Phi) is 6.05. The maximum Gasteiger partial charge on any atom is 0.279 e. The minimum atomic E-state index is -3.30. The molecule has 0 bridgehead atoms. The second kappa shape index (κ2) is 7.40. The third kappa shape index (κ3) is 4.65. The van der Waals surface area contributed by atoms with E-state index in [4.69, 9.17) is 0 Å². The van der Waals surface area contributed by atoms with Crippen LogP contribution in [0.5, 0.6) is 0 Å². The van der Waals surface area contributed by atoms with Crippen LogP contribution in [0.4, 0.5) is 0 Å². The summed E-state index contributed by atoms with van der Waals surface area (Å²) in [5.41, 5.74) is 0. The van der Waals surface area contributed by atoms with Crippen molar-refractivity contribution < 1.29 is 8.42 Å². The molecule has 3 atom stereocenters. The molecular weight excluding hydrogens is 286 g/mol. The van der Waals surface area contributed by atoms with Crippen LogP contribution >= 0.6 is 0 Å². The van der Waals surface area contributed by atoms with Gasteiger partial charge in [0.25, 0.3) is 10.2 Å². The first kappa shape index (κ1) is 17.2. The first-order valence-corrected chi connectivity index (χ1v) is 9.78. The second-order valence-corrected chi connectivity index (χ2v) is 8.69. The Morgan fingerprint density at radius 1 is 1.05 bits per heavy atom. The van der Waals surface area contributed by atoms with Gasteiger partial charge >= 0.3 is 0 Å². The van der Waals surface area contributed by atoms with E-state index in [1.807, 2.05) is 7.05 Å². The van der Waals surface area contributed by atoms with Gasteiger partial charge in [0.2, 0.25) is 0 Å². The fraction of sp³-hybridized carbons (Fsp3) is 1.00. The Bertz CT molecular complexity index is 419. The Balaban J connectivity index is 1.85. The number of hydrogen-bond donors (Lipinski definition) is 2. The highest BCUT2D eigenvalue weighted by Gasteiger charge is 2.32. The van der Waals surface area contributed by atoms with Gasteiger partial charge in [0.1, 0.15) is 0 Å². The molecular formula is C15H31N3O2S. The van der Waals surface area contributed by atoms with Gasteiger partial charge in [0.05, 0.1) is 0 Å². The minimum absolute atomic E-state index is 0.122. The van der Waals surface area contributed by atoms with Gasteiger partial charge < -0.3 is 5.32 Å². The van der Waals surface area contributed by atoms with E-state index in [1.54, 1.807) is 4.31 Å². The molecule has 0 aromatic heterocycles.